The van der Waals surface area contributed by atoms with Crippen LogP contribution in [0.25, 0.3) is 0 Å². The zero-order chi connectivity index (χ0) is 10.6. The summed E-state index contributed by atoms with van der Waals surface area (Å²) < 4.78 is 0. The van der Waals surface area contributed by atoms with Crippen LogP contribution in [0.4, 0.5) is 0 Å². The van der Waals surface area contributed by atoms with Crippen LogP contribution in [-0.2, 0) is 4.79 Å². The quantitative estimate of drug-likeness (QED) is 0.595. The van der Waals surface area contributed by atoms with Crippen molar-refractivity contribution in [3.63, 3.8) is 0 Å². The Labute approximate surface area is 85.1 Å². The fourth-order valence-corrected chi connectivity index (χ4v) is 1.65. The summed E-state index contributed by atoms with van der Waals surface area (Å²) in [6, 6.07) is -0.144. The fourth-order valence-electron chi connectivity index (χ4n) is 1.65. The SMILES string of the molecule is C[C@H](CO)NC(=O)C1(C)CCNCC1. The molecule has 0 radical (unpaired) electrons. The van der Waals surface area contributed by atoms with E-state index in [1.54, 1.807) is 0 Å². The minimum absolute atomic E-state index is 0.0000694. The lowest BCUT2D eigenvalue weighted by Gasteiger charge is -2.33. The highest BCUT2D eigenvalue weighted by Crippen LogP contribution is 2.27. The molecule has 0 aromatic rings. The van der Waals surface area contributed by atoms with Crippen LogP contribution >= 0.6 is 0 Å². The Morgan fingerprint density at radius 1 is 1.57 bits per heavy atom. The van der Waals surface area contributed by atoms with Gasteiger partial charge in [0.05, 0.1) is 6.61 Å². The Balaban J connectivity index is 2.49. The minimum atomic E-state index is -0.255. The van der Waals surface area contributed by atoms with E-state index in [1.165, 1.54) is 0 Å². The number of carbonyl (C=O) groups is 1. The highest BCUT2D eigenvalue weighted by Gasteiger charge is 2.34. The Kier molecular flexibility index (Phi) is 3.89. The zero-order valence-electron chi connectivity index (χ0n) is 8.97. The largest absolute Gasteiger partial charge is 0.394 e. The van der Waals surface area contributed by atoms with Gasteiger partial charge in [0, 0.05) is 11.5 Å². The molecule has 82 valence electrons. The standard InChI is InChI=1S/C10H20N2O2/c1-8(7-13)12-9(14)10(2)3-5-11-6-4-10/h8,11,13H,3-7H2,1-2H3,(H,12,14)/t8-/m1/s1. The number of amides is 1. The maximum Gasteiger partial charge on any atom is 0.226 e. The van der Waals surface area contributed by atoms with Crippen molar-refractivity contribution in [2.24, 2.45) is 5.41 Å². The van der Waals surface area contributed by atoms with Crippen LogP contribution in [0.5, 0.6) is 0 Å². The third-order valence-corrected chi connectivity index (χ3v) is 2.91. The van der Waals surface area contributed by atoms with E-state index in [-0.39, 0.29) is 24.0 Å². The van der Waals surface area contributed by atoms with E-state index in [1.807, 2.05) is 13.8 Å². The second-order valence-corrected chi connectivity index (χ2v) is 4.37. The number of aliphatic hydroxyl groups is 1. The Morgan fingerprint density at radius 3 is 2.64 bits per heavy atom. The Hall–Kier alpha value is -0.610. The molecule has 4 nitrogen and oxygen atoms in total. The molecule has 1 saturated heterocycles. The molecule has 1 aliphatic rings. The van der Waals surface area contributed by atoms with Gasteiger partial charge in [0.1, 0.15) is 0 Å². The van der Waals surface area contributed by atoms with E-state index < -0.39 is 0 Å². The van der Waals surface area contributed by atoms with Gasteiger partial charge in [-0.1, -0.05) is 6.92 Å². The van der Waals surface area contributed by atoms with Crippen LogP contribution in [0, 0.1) is 5.41 Å². The van der Waals surface area contributed by atoms with E-state index in [0.29, 0.717) is 0 Å². The number of rotatable bonds is 3. The van der Waals surface area contributed by atoms with Crippen molar-refractivity contribution in [1.29, 1.82) is 0 Å². The maximum absolute atomic E-state index is 11.8. The van der Waals surface area contributed by atoms with Gasteiger partial charge in [0.15, 0.2) is 0 Å². The van der Waals surface area contributed by atoms with Gasteiger partial charge in [-0.15, -0.1) is 0 Å². The summed E-state index contributed by atoms with van der Waals surface area (Å²) in [6.07, 6.45) is 1.74. The zero-order valence-corrected chi connectivity index (χ0v) is 8.97. The van der Waals surface area contributed by atoms with E-state index in [9.17, 15) is 4.79 Å². The molecule has 1 amide bonds. The summed E-state index contributed by atoms with van der Waals surface area (Å²) >= 11 is 0. The average molecular weight is 200 g/mol. The average Bonchev–Trinajstić information content (AvgIpc) is 2.18. The normalized spacial score (nSPS) is 22.8. The first-order valence-corrected chi connectivity index (χ1v) is 5.21. The predicted molar refractivity (Wildman–Crippen MR) is 54.9 cm³/mol. The van der Waals surface area contributed by atoms with Gasteiger partial charge in [-0.3, -0.25) is 4.79 Å². The first-order valence-electron chi connectivity index (χ1n) is 5.21. The van der Waals surface area contributed by atoms with Gasteiger partial charge in [-0.25, -0.2) is 0 Å². The molecule has 3 N–H and O–H groups in total. The number of hydrogen-bond donors (Lipinski definition) is 3. The van der Waals surface area contributed by atoms with Gasteiger partial charge < -0.3 is 15.7 Å². The van der Waals surface area contributed by atoms with Crippen LogP contribution in [-0.4, -0.2) is 36.8 Å². The number of carbonyl (C=O) groups excluding carboxylic acids is 1. The molecular formula is C10H20N2O2. The third kappa shape index (κ3) is 2.69. The van der Waals surface area contributed by atoms with Gasteiger partial charge in [-0.2, -0.15) is 0 Å². The van der Waals surface area contributed by atoms with Crippen molar-refractivity contribution in [3.8, 4) is 0 Å². The highest BCUT2D eigenvalue weighted by atomic mass is 16.3. The van der Waals surface area contributed by atoms with E-state index in [4.69, 9.17) is 5.11 Å². The van der Waals surface area contributed by atoms with Crippen LogP contribution in [0.15, 0.2) is 0 Å². The lowest BCUT2D eigenvalue weighted by Crippen LogP contribution is -2.48. The minimum Gasteiger partial charge on any atom is -0.394 e. The van der Waals surface area contributed by atoms with Crippen molar-refractivity contribution in [1.82, 2.24) is 10.6 Å². The summed E-state index contributed by atoms with van der Waals surface area (Å²) in [6.45, 7) is 5.60. The summed E-state index contributed by atoms with van der Waals surface area (Å²) in [5, 5.41) is 14.9. The summed E-state index contributed by atoms with van der Waals surface area (Å²) in [4.78, 5) is 11.8. The van der Waals surface area contributed by atoms with Gasteiger partial charge in [0.2, 0.25) is 5.91 Å². The van der Waals surface area contributed by atoms with Crippen molar-refractivity contribution in [3.05, 3.63) is 0 Å². The molecular weight excluding hydrogens is 180 g/mol. The summed E-state index contributed by atoms with van der Waals surface area (Å²) in [5.41, 5.74) is -0.255. The van der Waals surface area contributed by atoms with Gasteiger partial charge in [-0.05, 0) is 32.9 Å². The molecule has 1 heterocycles. The molecule has 0 bridgehead atoms. The van der Waals surface area contributed by atoms with E-state index in [2.05, 4.69) is 10.6 Å². The molecule has 4 heteroatoms. The van der Waals surface area contributed by atoms with Crippen LogP contribution < -0.4 is 10.6 Å². The first kappa shape index (κ1) is 11.5. The highest BCUT2D eigenvalue weighted by molar-refractivity contribution is 5.82. The third-order valence-electron chi connectivity index (χ3n) is 2.91. The summed E-state index contributed by atoms with van der Waals surface area (Å²) in [5.74, 6) is 0.0700. The number of nitrogens with one attached hydrogen (secondary N) is 2. The van der Waals surface area contributed by atoms with Crippen LogP contribution in [0.2, 0.25) is 0 Å². The van der Waals surface area contributed by atoms with E-state index in [0.717, 1.165) is 25.9 Å². The molecule has 0 aromatic heterocycles. The van der Waals surface area contributed by atoms with Crippen molar-refractivity contribution < 1.29 is 9.90 Å². The molecule has 14 heavy (non-hydrogen) atoms. The number of piperidine rings is 1. The molecule has 0 saturated carbocycles. The van der Waals surface area contributed by atoms with Crippen molar-refractivity contribution in [2.45, 2.75) is 32.7 Å². The molecule has 1 rings (SSSR count). The second kappa shape index (κ2) is 4.75. The molecule has 1 fully saturated rings. The molecule has 0 spiro atoms. The summed E-state index contributed by atoms with van der Waals surface area (Å²) in [7, 11) is 0. The number of hydrogen-bond acceptors (Lipinski definition) is 3. The predicted octanol–water partition coefficient (Wildman–Crippen LogP) is -0.127. The van der Waals surface area contributed by atoms with Crippen molar-refractivity contribution in [2.75, 3.05) is 19.7 Å². The van der Waals surface area contributed by atoms with Gasteiger partial charge in [0.25, 0.3) is 0 Å². The lowest BCUT2D eigenvalue weighted by atomic mass is 9.80. The smallest absolute Gasteiger partial charge is 0.226 e. The first-order chi connectivity index (χ1) is 6.58. The molecule has 1 aliphatic heterocycles. The molecule has 0 aliphatic carbocycles. The van der Waals surface area contributed by atoms with E-state index >= 15 is 0 Å². The Morgan fingerprint density at radius 2 is 2.14 bits per heavy atom. The van der Waals surface area contributed by atoms with Crippen LogP contribution in [0.3, 0.4) is 0 Å². The monoisotopic (exact) mass is 200 g/mol. The van der Waals surface area contributed by atoms with Crippen molar-refractivity contribution >= 4 is 5.91 Å². The topological polar surface area (TPSA) is 61.4 Å². The number of aliphatic hydroxyl groups excluding tert-OH is 1. The maximum atomic E-state index is 11.8. The second-order valence-electron chi connectivity index (χ2n) is 4.37. The molecule has 0 unspecified atom stereocenters. The Bertz CT molecular complexity index is 200. The molecule has 0 aromatic carbocycles. The lowest BCUT2D eigenvalue weighted by molar-refractivity contribution is -0.132. The fraction of sp³-hybridized carbons (Fsp3) is 0.900. The van der Waals surface area contributed by atoms with Gasteiger partial charge >= 0.3 is 0 Å². The van der Waals surface area contributed by atoms with Crippen LogP contribution in [0.1, 0.15) is 26.7 Å². The molecule has 1 atom stereocenters.